The number of aromatic amines is 1. The highest BCUT2D eigenvalue weighted by atomic mass is 35.5. The van der Waals surface area contributed by atoms with E-state index in [2.05, 4.69) is 15.6 Å². The highest BCUT2D eigenvalue weighted by Gasteiger charge is 2.60. The number of nitrogens with one attached hydrogen (secondary N) is 3. The van der Waals surface area contributed by atoms with Crippen LogP contribution in [0.3, 0.4) is 0 Å². The molecule has 2 aromatic rings. The number of alkyl halides is 2. The Labute approximate surface area is 202 Å². The zero-order chi connectivity index (χ0) is 24.2. The fraction of sp³-hybridized carbons (Fsp3) is 0.545. The zero-order valence-electron chi connectivity index (χ0n) is 17.9. The molecular weight excluding hydrogens is 488 g/mol. The summed E-state index contributed by atoms with van der Waals surface area (Å²) in [5, 5.41) is 16.9. The lowest BCUT2D eigenvalue weighted by molar-refractivity contribution is -0.179. The summed E-state index contributed by atoms with van der Waals surface area (Å²) in [6, 6.07) is 0.323. The van der Waals surface area contributed by atoms with Crippen molar-refractivity contribution in [3.8, 4) is 6.07 Å². The summed E-state index contributed by atoms with van der Waals surface area (Å²) in [5.41, 5.74) is 0.764. The Kier molecular flexibility index (Phi) is 5.76. The first-order chi connectivity index (χ1) is 16.2. The summed E-state index contributed by atoms with van der Waals surface area (Å²) in [6.07, 6.45) is 0.594. The summed E-state index contributed by atoms with van der Waals surface area (Å²) >= 11 is 7.49. The van der Waals surface area contributed by atoms with Gasteiger partial charge in [0, 0.05) is 30.3 Å². The number of fused-ring (bicyclic) bond motifs is 4. The Morgan fingerprint density at radius 1 is 1.38 bits per heavy atom. The predicted molar refractivity (Wildman–Crippen MR) is 120 cm³/mol. The molecule has 0 aromatic carbocycles. The molecule has 5 atom stereocenters. The van der Waals surface area contributed by atoms with Gasteiger partial charge in [0.1, 0.15) is 17.8 Å². The lowest BCUT2D eigenvalue weighted by atomic mass is 9.71. The van der Waals surface area contributed by atoms with E-state index in [-0.39, 0.29) is 24.4 Å². The first-order valence-corrected chi connectivity index (χ1v) is 12.4. The summed E-state index contributed by atoms with van der Waals surface area (Å²) < 4.78 is 30.5. The van der Waals surface area contributed by atoms with Gasteiger partial charge in [0.05, 0.1) is 27.2 Å². The minimum absolute atomic E-state index is 0.0879. The van der Waals surface area contributed by atoms with Gasteiger partial charge in [-0.05, 0) is 31.7 Å². The van der Waals surface area contributed by atoms with Gasteiger partial charge in [-0.2, -0.15) is 5.26 Å². The maximum atomic E-state index is 14.9. The van der Waals surface area contributed by atoms with Crippen LogP contribution in [-0.4, -0.2) is 58.2 Å². The Bertz CT molecular complexity index is 1210. The fourth-order valence-corrected chi connectivity index (χ4v) is 6.64. The number of H-pyrrole nitrogens is 1. The van der Waals surface area contributed by atoms with Crippen molar-refractivity contribution in [2.24, 2.45) is 11.8 Å². The monoisotopic (exact) mass is 509 g/mol. The largest absolute Gasteiger partial charge is 0.356 e. The summed E-state index contributed by atoms with van der Waals surface area (Å²) in [4.78, 5) is 42.9. The summed E-state index contributed by atoms with van der Waals surface area (Å²) in [5.74, 6) is -6.42. The molecule has 0 radical (unpaired) electrons. The van der Waals surface area contributed by atoms with Crippen molar-refractivity contribution in [1.82, 2.24) is 20.5 Å². The number of aromatic nitrogens is 1. The fourth-order valence-electron chi connectivity index (χ4n) is 5.49. The Morgan fingerprint density at radius 2 is 2.18 bits per heavy atom. The molecule has 1 saturated carbocycles. The lowest BCUT2D eigenvalue weighted by Crippen LogP contribution is -2.68. The van der Waals surface area contributed by atoms with Crippen LogP contribution in [0.25, 0.3) is 10.2 Å². The average Bonchev–Trinajstić information content (AvgIpc) is 3.49. The van der Waals surface area contributed by atoms with E-state index in [0.717, 1.165) is 4.70 Å². The van der Waals surface area contributed by atoms with Gasteiger partial charge in [0.15, 0.2) is 0 Å². The summed E-state index contributed by atoms with van der Waals surface area (Å²) in [7, 11) is 0. The Balaban J connectivity index is 1.42. The van der Waals surface area contributed by atoms with E-state index in [0.29, 0.717) is 29.9 Å². The SMILES string of the molecule is N#C[C@H](C[C@@H]1CCNC1=O)NC(=O)[C@H]1[C@H]2CC[C@H](CC2(F)F)N1C(=O)c1cc2scc(Cl)c2[nH]1. The molecule has 2 aromatic heterocycles. The predicted octanol–water partition coefficient (Wildman–Crippen LogP) is 3.05. The number of rotatable bonds is 5. The third-order valence-corrected chi connectivity index (χ3v) is 8.49. The normalized spacial score (nSPS) is 28.5. The summed E-state index contributed by atoms with van der Waals surface area (Å²) in [6.45, 7) is 0.494. The molecule has 0 spiro atoms. The molecule has 1 aliphatic carbocycles. The quantitative estimate of drug-likeness (QED) is 0.574. The van der Waals surface area contributed by atoms with Gasteiger partial charge in [-0.3, -0.25) is 14.4 Å². The van der Waals surface area contributed by atoms with Crippen LogP contribution in [0.2, 0.25) is 5.02 Å². The van der Waals surface area contributed by atoms with E-state index >= 15 is 0 Å². The topological polar surface area (TPSA) is 118 Å². The van der Waals surface area contributed by atoms with E-state index in [1.807, 2.05) is 6.07 Å². The van der Waals surface area contributed by atoms with Crippen LogP contribution in [0.15, 0.2) is 11.4 Å². The first-order valence-electron chi connectivity index (χ1n) is 11.1. The second-order valence-corrected chi connectivity index (χ2v) is 10.5. The molecule has 2 bridgehead atoms. The van der Waals surface area contributed by atoms with Crippen molar-refractivity contribution in [3.63, 3.8) is 0 Å². The molecule has 0 unspecified atom stereocenters. The van der Waals surface area contributed by atoms with Crippen molar-refractivity contribution in [2.75, 3.05) is 6.54 Å². The average molecular weight is 510 g/mol. The number of nitriles is 1. The van der Waals surface area contributed by atoms with Gasteiger partial charge in [-0.25, -0.2) is 8.78 Å². The van der Waals surface area contributed by atoms with Crippen LogP contribution in [0.4, 0.5) is 8.78 Å². The second-order valence-electron chi connectivity index (χ2n) is 9.17. The highest BCUT2D eigenvalue weighted by molar-refractivity contribution is 7.17. The molecule has 4 aliphatic rings. The third kappa shape index (κ3) is 3.82. The molecular formula is C22H22ClF2N5O3S. The minimum Gasteiger partial charge on any atom is -0.356 e. The van der Waals surface area contributed by atoms with Gasteiger partial charge >= 0.3 is 0 Å². The van der Waals surface area contributed by atoms with Crippen LogP contribution >= 0.6 is 22.9 Å². The minimum atomic E-state index is -3.10. The van der Waals surface area contributed by atoms with Crippen molar-refractivity contribution in [3.05, 3.63) is 22.2 Å². The molecule has 4 fully saturated rings. The van der Waals surface area contributed by atoms with Crippen LogP contribution in [0.5, 0.6) is 0 Å². The number of thiophene rings is 1. The van der Waals surface area contributed by atoms with Gasteiger partial charge in [0.25, 0.3) is 11.8 Å². The maximum Gasteiger partial charge on any atom is 0.271 e. The molecule has 3 N–H and O–H groups in total. The molecule has 180 valence electrons. The van der Waals surface area contributed by atoms with Crippen molar-refractivity contribution in [1.29, 1.82) is 5.26 Å². The molecule has 8 nitrogen and oxygen atoms in total. The number of amides is 3. The molecule has 6 rings (SSSR count). The van der Waals surface area contributed by atoms with Crippen molar-refractivity contribution in [2.45, 2.75) is 56.2 Å². The van der Waals surface area contributed by atoms with Crippen LogP contribution in [-0.2, 0) is 9.59 Å². The lowest BCUT2D eigenvalue weighted by Gasteiger charge is -2.53. The van der Waals surface area contributed by atoms with Gasteiger partial charge in [0.2, 0.25) is 11.8 Å². The number of hydrogen-bond acceptors (Lipinski definition) is 5. The van der Waals surface area contributed by atoms with Gasteiger partial charge < -0.3 is 20.5 Å². The Hall–Kier alpha value is -2.71. The van der Waals surface area contributed by atoms with Crippen molar-refractivity contribution >= 4 is 50.9 Å². The van der Waals surface area contributed by atoms with E-state index < -0.39 is 54.1 Å². The van der Waals surface area contributed by atoms with Crippen molar-refractivity contribution < 1.29 is 23.2 Å². The first kappa shape index (κ1) is 23.1. The maximum absolute atomic E-state index is 14.9. The second kappa shape index (κ2) is 8.50. The zero-order valence-corrected chi connectivity index (χ0v) is 19.5. The third-order valence-electron chi connectivity index (χ3n) is 7.13. The highest BCUT2D eigenvalue weighted by Crippen LogP contribution is 2.49. The number of nitrogens with zero attached hydrogens (tertiary/aromatic N) is 2. The van der Waals surface area contributed by atoms with Gasteiger partial charge in [-0.1, -0.05) is 11.6 Å². The van der Waals surface area contributed by atoms with Gasteiger partial charge in [-0.15, -0.1) is 11.3 Å². The van der Waals surface area contributed by atoms with Crippen LogP contribution < -0.4 is 10.6 Å². The molecule has 3 saturated heterocycles. The van der Waals surface area contributed by atoms with E-state index in [1.165, 1.54) is 16.2 Å². The van der Waals surface area contributed by atoms with E-state index in [1.54, 1.807) is 11.4 Å². The van der Waals surface area contributed by atoms with E-state index in [4.69, 9.17) is 11.6 Å². The standard InChI is InChI=1S/C22H22ClF2N5O3S/c23-14-9-34-16-6-15(29-17(14)16)21(33)30-12-1-2-13(22(24,25)7-12)18(30)20(32)28-11(8-26)5-10-3-4-27-19(10)31/h6,9-13,18,29H,1-5,7H2,(H,27,31)(H,28,32)/t10-,11-,12+,13+,18+/m0/s1. The number of halogens is 3. The molecule has 3 amide bonds. The van der Waals surface area contributed by atoms with E-state index in [9.17, 15) is 28.4 Å². The number of hydrogen-bond donors (Lipinski definition) is 3. The Morgan fingerprint density at radius 3 is 2.82 bits per heavy atom. The molecule has 34 heavy (non-hydrogen) atoms. The molecule has 12 heteroatoms. The number of piperidine rings is 2. The number of carbonyl (C=O) groups is 3. The number of carbonyl (C=O) groups excluding carboxylic acids is 3. The van der Waals surface area contributed by atoms with Crippen LogP contribution in [0.1, 0.15) is 42.6 Å². The van der Waals surface area contributed by atoms with Crippen LogP contribution in [0, 0.1) is 23.2 Å². The molecule has 3 aliphatic heterocycles. The molecule has 5 heterocycles. The smallest absolute Gasteiger partial charge is 0.271 e.